The van der Waals surface area contributed by atoms with Crippen LogP contribution in [0.15, 0.2) is 35.1 Å². The van der Waals surface area contributed by atoms with Crippen molar-refractivity contribution in [2.45, 2.75) is 38.3 Å². The standard InChI is InChI=1S/C21H24N4O3S/c1-24-17(13-28-2)22-19-18(20(24)27)23-21(29-19)25-12-6-9-15(25)16(26)11-10-14-7-4-3-5-8-14/h3-5,7-8,15H,6,9-13H2,1-2H3/t15-/m1/s1. The molecule has 1 fully saturated rings. The molecular formula is C21H24N4O3S. The van der Waals surface area contributed by atoms with Crippen LogP contribution in [-0.2, 0) is 29.6 Å². The summed E-state index contributed by atoms with van der Waals surface area (Å²) in [4.78, 5) is 37.3. The van der Waals surface area contributed by atoms with Crippen LogP contribution in [-0.4, -0.2) is 40.0 Å². The minimum atomic E-state index is -0.185. The summed E-state index contributed by atoms with van der Waals surface area (Å²) >= 11 is 1.38. The number of methoxy groups -OCH3 is 1. The lowest BCUT2D eigenvalue weighted by Gasteiger charge is -2.22. The molecule has 3 heterocycles. The van der Waals surface area contributed by atoms with E-state index in [9.17, 15) is 9.59 Å². The SMILES string of the molecule is COCc1nc2sc(N3CCC[C@@H]3C(=O)CCc3ccccc3)nc2c(=O)n1C. The molecule has 0 aliphatic carbocycles. The first-order valence-electron chi connectivity index (χ1n) is 9.77. The lowest BCUT2D eigenvalue weighted by molar-refractivity contribution is -0.120. The number of aromatic nitrogens is 3. The quantitative estimate of drug-likeness (QED) is 0.594. The van der Waals surface area contributed by atoms with Crippen LogP contribution >= 0.6 is 11.3 Å². The summed E-state index contributed by atoms with van der Waals surface area (Å²) in [5.74, 6) is 0.795. The van der Waals surface area contributed by atoms with Crippen LogP contribution in [0.3, 0.4) is 0 Å². The maximum Gasteiger partial charge on any atom is 0.280 e. The average Bonchev–Trinajstić information content (AvgIpc) is 3.38. The molecule has 0 unspecified atom stereocenters. The molecule has 0 saturated carbocycles. The van der Waals surface area contributed by atoms with Gasteiger partial charge >= 0.3 is 0 Å². The Kier molecular flexibility index (Phi) is 5.73. The van der Waals surface area contributed by atoms with E-state index in [1.165, 1.54) is 21.5 Å². The fraction of sp³-hybridized carbons (Fsp3) is 0.429. The molecule has 0 spiro atoms. The van der Waals surface area contributed by atoms with Crippen LogP contribution in [0.25, 0.3) is 10.3 Å². The summed E-state index contributed by atoms with van der Waals surface area (Å²) in [7, 11) is 3.25. The number of nitrogens with zero attached hydrogens (tertiary/aromatic N) is 4. The number of anilines is 1. The number of benzene rings is 1. The van der Waals surface area contributed by atoms with Crippen molar-refractivity contribution in [3.63, 3.8) is 0 Å². The van der Waals surface area contributed by atoms with Crippen molar-refractivity contribution in [2.75, 3.05) is 18.6 Å². The molecule has 2 aromatic heterocycles. The van der Waals surface area contributed by atoms with Crippen molar-refractivity contribution < 1.29 is 9.53 Å². The molecule has 0 N–H and O–H groups in total. The molecule has 152 valence electrons. The summed E-state index contributed by atoms with van der Waals surface area (Å²) < 4.78 is 6.61. The summed E-state index contributed by atoms with van der Waals surface area (Å²) in [6, 6.07) is 9.88. The molecule has 29 heavy (non-hydrogen) atoms. The zero-order chi connectivity index (χ0) is 20.4. The highest BCUT2D eigenvalue weighted by molar-refractivity contribution is 7.21. The van der Waals surface area contributed by atoms with Crippen LogP contribution in [0.4, 0.5) is 5.13 Å². The van der Waals surface area contributed by atoms with E-state index < -0.39 is 0 Å². The zero-order valence-electron chi connectivity index (χ0n) is 16.6. The highest BCUT2D eigenvalue weighted by atomic mass is 32.1. The van der Waals surface area contributed by atoms with Crippen LogP contribution in [0.1, 0.15) is 30.7 Å². The Morgan fingerprint density at radius 1 is 1.28 bits per heavy atom. The molecule has 1 atom stereocenters. The normalized spacial score (nSPS) is 16.6. The fourth-order valence-corrected chi connectivity index (χ4v) is 4.80. The van der Waals surface area contributed by atoms with E-state index in [-0.39, 0.29) is 24.0 Å². The predicted molar refractivity (Wildman–Crippen MR) is 114 cm³/mol. The second-order valence-corrected chi connectivity index (χ2v) is 8.23. The monoisotopic (exact) mass is 412 g/mol. The van der Waals surface area contributed by atoms with Gasteiger partial charge in [0.25, 0.3) is 5.56 Å². The molecule has 0 bridgehead atoms. The number of hydrogen-bond acceptors (Lipinski definition) is 7. The van der Waals surface area contributed by atoms with Crippen molar-refractivity contribution in [3.8, 4) is 0 Å². The van der Waals surface area contributed by atoms with Gasteiger partial charge in [-0.2, -0.15) is 0 Å². The Balaban J connectivity index is 1.56. The van der Waals surface area contributed by atoms with Gasteiger partial charge in [0.15, 0.2) is 21.3 Å². The van der Waals surface area contributed by atoms with Crippen molar-refractivity contribution in [1.82, 2.24) is 14.5 Å². The molecule has 1 aromatic carbocycles. The lowest BCUT2D eigenvalue weighted by Crippen LogP contribution is -2.36. The van der Waals surface area contributed by atoms with Crippen LogP contribution in [0.5, 0.6) is 0 Å². The molecule has 0 amide bonds. The largest absolute Gasteiger partial charge is 0.377 e. The number of carbonyl (C=O) groups is 1. The Hall–Kier alpha value is -2.58. The number of rotatable bonds is 7. The Morgan fingerprint density at radius 3 is 2.83 bits per heavy atom. The summed E-state index contributed by atoms with van der Waals surface area (Å²) in [5.41, 5.74) is 1.34. The maximum absolute atomic E-state index is 12.9. The van der Waals surface area contributed by atoms with E-state index >= 15 is 0 Å². The minimum absolute atomic E-state index is 0.179. The second kappa shape index (κ2) is 8.42. The number of carbonyl (C=O) groups excluding carboxylic acids is 1. The van der Waals surface area contributed by atoms with E-state index in [2.05, 4.69) is 14.9 Å². The number of ketones is 1. The molecule has 1 aliphatic rings. The van der Waals surface area contributed by atoms with E-state index in [0.717, 1.165) is 25.8 Å². The second-order valence-electron chi connectivity index (χ2n) is 7.28. The molecule has 1 aliphatic heterocycles. The van der Waals surface area contributed by atoms with Gasteiger partial charge in [-0.25, -0.2) is 9.97 Å². The smallest absolute Gasteiger partial charge is 0.280 e. The number of hydrogen-bond donors (Lipinski definition) is 0. The van der Waals surface area contributed by atoms with Gasteiger partial charge in [-0.15, -0.1) is 0 Å². The third kappa shape index (κ3) is 3.95. The Bertz CT molecular complexity index is 1080. The Labute approximate surface area is 173 Å². The number of fused-ring (bicyclic) bond motifs is 1. The van der Waals surface area contributed by atoms with Crippen molar-refractivity contribution >= 4 is 32.6 Å². The van der Waals surface area contributed by atoms with Gasteiger partial charge in [0.2, 0.25) is 0 Å². The number of Topliss-reactive ketones (excluding diaryl/α,β-unsaturated/α-hetero) is 1. The minimum Gasteiger partial charge on any atom is -0.377 e. The summed E-state index contributed by atoms with van der Waals surface area (Å²) in [6.07, 6.45) is 3.02. The highest BCUT2D eigenvalue weighted by Gasteiger charge is 2.32. The summed E-state index contributed by atoms with van der Waals surface area (Å²) in [5, 5.41) is 0.703. The molecule has 0 radical (unpaired) electrons. The van der Waals surface area contributed by atoms with Crippen molar-refractivity contribution in [1.29, 1.82) is 0 Å². The van der Waals surface area contributed by atoms with E-state index in [0.29, 0.717) is 27.7 Å². The fourth-order valence-electron chi connectivity index (χ4n) is 3.77. The van der Waals surface area contributed by atoms with E-state index in [1.54, 1.807) is 14.2 Å². The van der Waals surface area contributed by atoms with Gasteiger partial charge in [0.1, 0.15) is 12.4 Å². The van der Waals surface area contributed by atoms with Gasteiger partial charge in [0.05, 0.1) is 6.04 Å². The van der Waals surface area contributed by atoms with Crippen molar-refractivity contribution in [3.05, 3.63) is 52.1 Å². The molecule has 8 heteroatoms. The molecule has 7 nitrogen and oxygen atoms in total. The lowest BCUT2D eigenvalue weighted by atomic mass is 10.0. The number of thiazole rings is 1. The molecule has 3 aromatic rings. The first-order valence-corrected chi connectivity index (χ1v) is 10.6. The first kappa shape index (κ1) is 19.7. The van der Waals surface area contributed by atoms with Crippen molar-refractivity contribution in [2.24, 2.45) is 7.05 Å². The van der Waals surface area contributed by atoms with Gasteiger partial charge in [-0.1, -0.05) is 41.7 Å². The highest BCUT2D eigenvalue weighted by Crippen LogP contribution is 2.32. The molecule has 4 rings (SSSR count). The van der Waals surface area contributed by atoms with E-state index in [4.69, 9.17) is 4.74 Å². The van der Waals surface area contributed by atoms with Gasteiger partial charge < -0.3 is 9.64 Å². The molecule has 1 saturated heterocycles. The van der Waals surface area contributed by atoms with Gasteiger partial charge in [0, 0.05) is 27.1 Å². The van der Waals surface area contributed by atoms with Gasteiger partial charge in [-0.3, -0.25) is 14.2 Å². The first-order chi connectivity index (χ1) is 14.1. The Morgan fingerprint density at radius 2 is 2.07 bits per heavy atom. The number of ether oxygens (including phenoxy) is 1. The third-order valence-electron chi connectivity index (χ3n) is 5.37. The third-order valence-corrected chi connectivity index (χ3v) is 6.36. The van der Waals surface area contributed by atoms with Gasteiger partial charge in [-0.05, 0) is 24.8 Å². The van der Waals surface area contributed by atoms with Crippen LogP contribution < -0.4 is 10.5 Å². The zero-order valence-corrected chi connectivity index (χ0v) is 17.4. The van der Waals surface area contributed by atoms with E-state index in [1.807, 2.05) is 30.3 Å². The van der Waals surface area contributed by atoms with Crippen LogP contribution in [0, 0.1) is 0 Å². The predicted octanol–water partition coefficient (Wildman–Crippen LogP) is 2.71. The molecular weight excluding hydrogens is 388 g/mol. The number of aryl methyl sites for hydroxylation is 1. The summed E-state index contributed by atoms with van der Waals surface area (Å²) in [6.45, 7) is 1.03. The topological polar surface area (TPSA) is 77.3 Å². The average molecular weight is 413 g/mol. The van der Waals surface area contributed by atoms with Crippen LogP contribution in [0.2, 0.25) is 0 Å². The maximum atomic E-state index is 12.9.